The van der Waals surface area contributed by atoms with E-state index >= 15 is 0 Å². The summed E-state index contributed by atoms with van der Waals surface area (Å²) in [6.45, 7) is 0. The zero-order valence-electron chi connectivity index (χ0n) is 12.6. The lowest BCUT2D eigenvalue weighted by Gasteiger charge is -2.06. The number of amides is 1. The van der Waals surface area contributed by atoms with E-state index in [-0.39, 0.29) is 11.7 Å². The standard InChI is InChI=1S/C19H13FN2O2/c20-16-5-1-15(2-6-16)19(24)22-17-7-3-13(4-8-17)18(23)14-9-11-21-12-10-14/h1-12H,(H,22,24). The Hall–Kier alpha value is -3.34. The van der Waals surface area contributed by atoms with Crippen molar-refractivity contribution in [2.45, 2.75) is 0 Å². The Morgan fingerprint density at radius 1 is 0.750 bits per heavy atom. The Bertz CT molecular complexity index is 860. The molecule has 4 nitrogen and oxygen atoms in total. The maximum Gasteiger partial charge on any atom is 0.255 e. The smallest absolute Gasteiger partial charge is 0.255 e. The topological polar surface area (TPSA) is 59.1 Å². The fourth-order valence-electron chi connectivity index (χ4n) is 2.18. The Morgan fingerprint density at radius 2 is 1.29 bits per heavy atom. The van der Waals surface area contributed by atoms with E-state index in [1.165, 1.54) is 24.3 Å². The van der Waals surface area contributed by atoms with Crippen molar-refractivity contribution in [1.29, 1.82) is 0 Å². The molecule has 1 heterocycles. The largest absolute Gasteiger partial charge is 0.322 e. The number of anilines is 1. The molecule has 0 fully saturated rings. The second kappa shape index (κ2) is 6.83. The van der Waals surface area contributed by atoms with Crippen LogP contribution < -0.4 is 5.32 Å². The lowest BCUT2D eigenvalue weighted by atomic mass is 10.0. The van der Waals surface area contributed by atoms with Gasteiger partial charge in [-0.15, -0.1) is 0 Å². The fourth-order valence-corrected chi connectivity index (χ4v) is 2.18. The lowest BCUT2D eigenvalue weighted by Crippen LogP contribution is -2.12. The van der Waals surface area contributed by atoms with Gasteiger partial charge >= 0.3 is 0 Å². The number of hydrogen-bond donors (Lipinski definition) is 1. The van der Waals surface area contributed by atoms with Crippen molar-refractivity contribution in [2.24, 2.45) is 0 Å². The molecule has 3 rings (SSSR count). The van der Waals surface area contributed by atoms with Gasteiger partial charge in [0.05, 0.1) is 0 Å². The first-order valence-electron chi connectivity index (χ1n) is 7.25. The molecule has 0 unspecified atom stereocenters. The van der Waals surface area contributed by atoms with Gasteiger partial charge in [0.15, 0.2) is 5.78 Å². The zero-order chi connectivity index (χ0) is 16.9. The molecule has 24 heavy (non-hydrogen) atoms. The second-order valence-electron chi connectivity index (χ2n) is 5.10. The average molecular weight is 320 g/mol. The predicted molar refractivity (Wildman–Crippen MR) is 88.5 cm³/mol. The molecule has 118 valence electrons. The molecular weight excluding hydrogens is 307 g/mol. The van der Waals surface area contributed by atoms with E-state index in [9.17, 15) is 14.0 Å². The summed E-state index contributed by atoms with van der Waals surface area (Å²) in [6, 6.07) is 15.1. The van der Waals surface area contributed by atoms with Crippen LogP contribution in [0, 0.1) is 5.82 Å². The molecule has 1 aromatic heterocycles. The first-order valence-corrected chi connectivity index (χ1v) is 7.25. The molecule has 0 atom stereocenters. The minimum atomic E-state index is -0.398. The summed E-state index contributed by atoms with van der Waals surface area (Å²) in [4.78, 5) is 28.2. The van der Waals surface area contributed by atoms with E-state index in [0.717, 1.165) is 0 Å². The molecule has 3 aromatic rings. The van der Waals surface area contributed by atoms with Crippen LogP contribution in [0.15, 0.2) is 73.1 Å². The highest BCUT2D eigenvalue weighted by Crippen LogP contribution is 2.15. The third-order valence-electron chi connectivity index (χ3n) is 3.45. The molecule has 0 aliphatic rings. The van der Waals surface area contributed by atoms with Crippen LogP contribution in [0.5, 0.6) is 0 Å². The van der Waals surface area contributed by atoms with E-state index in [0.29, 0.717) is 22.4 Å². The Labute approximate surface area is 138 Å². The first-order chi connectivity index (χ1) is 11.6. The van der Waals surface area contributed by atoms with Crippen LogP contribution in [0.2, 0.25) is 0 Å². The van der Waals surface area contributed by atoms with Gasteiger partial charge in [-0.1, -0.05) is 0 Å². The minimum Gasteiger partial charge on any atom is -0.322 e. The predicted octanol–water partition coefficient (Wildman–Crippen LogP) is 3.70. The molecule has 0 bridgehead atoms. The molecule has 0 saturated heterocycles. The average Bonchev–Trinajstić information content (AvgIpc) is 2.63. The maximum absolute atomic E-state index is 12.9. The van der Waals surface area contributed by atoms with Crippen molar-refractivity contribution in [1.82, 2.24) is 4.98 Å². The summed E-state index contributed by atoms with van der Waals surface area (Å²) in [6.07, 6.45) is 3.12. The van der Waals surface area contributed by atoms with E-state index in [1.807, 2.05) is 0 Å². The van der Waals surface area contributed by atoms with Gasteiger partial charge in [-0.25, -0.2) is 4.39 Å². The highest BCUT2D eigenvalue weighted by Gasteiger charge is 2.10. The van der Waals surface area contributed by atoms with Crippen molar-refractivity contribution < 1.29 is 14.0 Å². The molecule has 0 aliphatic carbocycles. The van der Waals surface area contributed by atoms with Crippen LogP contribution in [0.4, 0.5) is 10.1 Å². The third kappa shape index (κ3) is 3.52. The molecule has 5 heteroatoms. The van der Waals surface area contributed by atoms with E-state index in [1.54, 1.807) is 48.8 Å². The number of aromatic nitrogens is 1. The van der Waals surface area contributed by atoms with E-state index in [2.05, 4.69) is 10.3 Å². The lowest BCUT2D eigenvalue weighted by molar-refractivity contribution is 0.102. The third-order valence-corrected chi connectivity index (χ3v) is 3.45. The van der Waals surface area contributed by atoms with Crippen LogP contribution >= 0.6 is 0 Å². The van der Waals surface area contributed by atoms with Crippen molar-refractivity contribution in [2.75, 3.05) is 5.32 Å². The van der Waals surface area contributed by atoms with Gasteiger partial charge in [0.1, 0.15) is 5.82 Å². The van der Waals surface area contributed by atoms with Crippen LogP contribution in [0.25, 0.3) is 0 Å². The summed E-state index contributed by atoms with van der Waals surface area (Å²) >= 11 is 0. The Morgan fingerprint density at radius 3 is 1.92 bits per heavy atom. The van der Waals surface area contributed by atoms with Crippen LogP contribution in [0.1, 0.15) is 26.3 Å². The summed E-state index contributed by atoms with van der Waals surface area (Å²) < 4.78 is 12.9. The summed E-state index contributed by atoms with van der Waals surface area (Å²) in [5.41, 5.74) is 1.97. The number of carbonyl (C=O) groups excluding carboxylic acids is 2. The van der Waals surface area contributed by atoms with Gasteiger partial charge in [-0.2, -0.15) is 0 Å². The van der Waals surface area contributed by atoms with Gasteiger partial charge in [-0.3, -0.25) is 14.6 Å². The minimum absolute atomic E-state index is 0.117. The molecule has 0 aliphatic heterocycles. The van der Waals surface area contributed by atoms with Gasteiger partial charge in [0.25, 0.3) is 5.91 Å². The van der Waals surface area contributed by atoms with Gasteiger partial charge in [-0.05, 0) is 60.7 Å². The van der Waals surface area contributed by atoms with E-state index < -0.39 is 5.82 Å². The van der Waals surface area contributed by atoms with Crippen molar-refractivity contribution in [3.8, 4) is 0 Å². The SMILES string of the molecule is O=C(Nc1ccc(C(=O)c2ccncc2)cc1)c1ccc(F)cc1. The normalized spacial score (nSPS) is 10.2. The van der Waals surface area contributed by atoms with Gasteiger partial charge in [0, 0.05) is 34.8 Å². The first kappa shape index (κ1) is 15.6. The van der Waals surface area contributed by atoms with Crippen molar-refractivity contribution in [3.63, 3.8) is 0 Å². The van der Waals surface area contributed by atoms with Crippen LogP contribution in [0.3, 0.4) is 0 Å². The van der Waals surface area contributed by atoms with E-state index in [4.69, 9.17) is 0 Å². The highest BCUT2D eigenvalue weighted by atomic mass is 19.1. The zero-order valence-corrected chi connectivity index (χ0v) is 12.6. The summed E-state index contributed by atoms with van der Waals surface area (Å²) in [7, 11) is 0. The molecular formula is C19H13FN2O2. The number of pyridine rings is 1. The van der Waals surface area contributed by atoms with Gasteiger partial charge < -0.3 is 5.32 Å². The van der Waals surface area contributed by atoms with Crippen LogP contribution in [-0.2, 0) is 0 Å². The fraction of sp³-hybridized carbons (Fsp3) is 0. The number of halogens is 1. The monoisotopic (exact) mass is 320 g/mol. The number of carbonyl (C=O) groups is 2. The van der Waals surface area contributed by atoms with Crippen molar-refractivity contribution in [3.05, 3.63) is 95.6 Å². The molecule has 2 aromatic carbocycles. The number of rotatable bonds is 4. The summed E-state index contributed by atoms with van der Waals surface area (Å²) in [5.74, 6) is -0.859. The second-order valence-corrected chi connectivity index (χ2v) is 5.10. The number of ketones is 1. The molecule has 0 saturated carbocycles. The van der Waals surface area contributed by atoms with Crippen LogP contribution in [-0.4, -0.2) is 16.7 Å². The maximum atomic E-state index is 12.9. The number of nitrogens with zero attached hydrogens (tertiary/aromatic N) is 1. The number of hydrogen-bond acceptors (Lipinski definition) is 3. The summed E-state index contributed by atoms with van der Waals surface area (Å²) in [5, 5.41) is 2.70. The Balaban J connectivity index is 1.72. The quantitative estimate of drug-likeness (QED) is 0.746. The molecule has 1 N–H and O–H groups in total. The molecule has 1 amide bonds. The Kier molecular flexibility index (Phi) is 4.43. The number of nitrogens with one attached hydrogen (secondary N) is 1. The van der Waals surface area contributed by atoms with Crippen molar-refractivity contribution >= 4 is 17.4 Å². The molecule has 0 spiro atoms. The van der Waals surface area contributed by atoms with Gasteiger partial charge in [0.2, 0.25) is 0 Å². The number of benzene rings is 2. The molecule has 0 radical (unpaired) electrons. The highest BCUT2D eigenvalue weighted by molar-refractivity contribution is 6.09.